The molecule has 0 fully saturated rings. The number of imidazole rings is 1. The van der Waals surface area contributed by atoms with Gasteiger partial charge in [0.15, 0.2) is 11.3 Å². The van der Waals surface area contributed by atoms with Crippen molar-refractivity contribution in [1.82, 2.24) is 35.2 Å². The van der Waals surface area contributed by atoms with E-state index in [1.54, 1.807) is 0 Å². The van der Waals surface area contributed by atoms with E-state index in [2.05, 4.69) is 62.4 Å². The molecule has 0 unspecified atom stereocenters. The normalized spacial score (nSPS) is 11.4. The number of esters is 1. The minimum atomic E-state index is -0.484. The summed E-state index contributed by atoms with van der Waals surface area (Å²) in [7, 11) is 1.38. The number of H-pyrrole nitrogens is 1. The highest BCUT2D eigenvalue weighted by atomic mass is 16.5. The lowest BCUT2D eigenvalue weighted by Gasteiger charge is -2.12. The Kier molecular flexibility index (Phi) is 8.13. The fourth-order valence-electron chi connectivity index (χ4n) is 5.12. The van der Waals surface area contributed by atoms with Crippen molar-refractivity contribution in [2.75, 3.05) is 7.11 Å². The maximum absolute atomic E-state index is 12.9. The topological polar surface area (TPSA) is 111 Å². The van der Waals surface area contributed by atoms with E-state index >= 15 is 0 Å². The molecule has 3 aromatic carbocycles. The summed E-state index contributed by atoms with van der Waals surface area (Å²) < 4.78 is 7.24. The van der Waals surface area contributed by atoms with Crippen LogP contribution in [0.2, 0.25) is 0 Å². The van der Waals surface area contributed by atoms with E-state index in [-0.39, 0.29) is 5.69 Å². The molecule has 0 saturated carbocycles. The molecule has 3 aromatic heterocycles. The summed E-state index contributed by atoms with van der Waals surface area (Å²) in [5, 5.41) is 14.6. The number of methoxy groups -OCH3 is 1. The average molecular weight is 570 g/mol. The van der Waals surface area contributed by atoms with Gasteiger partial charge in [0.2, 0.25) is 5.82 Å². The number of benzene rings is 3. The zero-order valence-electron chi connectivity index (χ0n) is 24.1. The standard InChI is InChI=1S/C34H31N7O2/c1-3-4-14-30-35-29-21-26(20-15-23-10-6-5-7-11-23)31(34(42)43-2)36-33(29)41(30)22-24-16-18-25(19-17-24)27-12-8-9-13-28(27)32-37-39-40-38-32/h5-13,15-21H,3-4,14,22H2,1-2H3,(H,37,38,39,40). The molecule has 0 spiro atoms. The third kappa shape index (κ3) is 5.97. The van der Waals surface area contributed by atoms with Crippen molar-refractivity contribution in [3.63, 3.8) is 0 Å². The highest BCUT2D eigenvalue weighted by Crippen LogP contribution is 2.30. The number of aromatic amines is 1. The van der Waals surface area contributed by atoms with Crippen molar-refractivity contribution < 1.29 is 9.53 Å². The summed E-state index contributed by atoms with van der Waals surface area (Å²) in [4.78, 5) is 22.7. The molecule has 9 heteroatoms. The molecule has 0 aliphatic carbocycles. The van der Waals surface area contributed by atoms with Crippen molar-refractivity contribution in [2.45, 2.75) is 32.7 Å². The number of aryl methyl sites for hydroxylation is 1. The quantitative estimate of drug-likeness (QED) is 0.184. The number of fused-ring (bicyclic) bond motifs is 1. The van der Waals surface area contributed by atoms with Crippen LogP contribution in [-0.4, -0.2) is 48.2 Å². The van der Waals surface area contributed by atoms with Crippen LogP contribution < -0.4 is 0 Å². The lowest BCUT2D eigenvalue weighted by atomic mass is 9.98. The van der Waals surface area contributed by atoms with Crippen LogP contribution in [0.3, 0.4) is 0 Å². The average Bonchev–Trinajstić information content (AvgIpc) is 3.71. The molecule has 6 aromatic rings. The third-order valence-electron chi connectivity index (χ3n) is 7.34. The van der Waals surface area contributed by atoms with Gasteiger partial charge < -0.3 is 9.30 Å². The molecule has 0 amide bonds. The predicted octanol–water partition coefficient (Wildman–Crippen LogP) is 6.63. The number of hydrogen-bond donors (Lipinski definition) is 1. The maximum Gasteiger partial charge on any atom is 0.357 e. The third-order valence-corrected chi connectivity index (χ3v) is 7.34. The van der Waals surface area contributed by atoms with E-state index in [9.17, 15) is 4.79 Å². The minimum Gasteiger partial charge on any atom is -0.464 e. The Morgan fingerprint density at radius 1 is 0.930 bits per heavy atom. The Labute approximate surface area is 249 Å². The summed E-state index contributed by atoms with van der Waals surface area (Å²) >= 11 is 0. The summed E-state index contributed by atoms with van der Waals surface area (Å²) in [5.74, 6) is 1.01. The van der Waals surface area contributed by atoms with Gasteiger partial charge in [-0.05, 0) is 40.0 Å². The van der Waals surface area contributed by atoms with E-state index in [0.717, 1.165) is 58.4 Å². The molecule has 0 aliphatic rings. The Hall–Kier alpha value is -5.44. The molecule has 0 bridgehead atoms. The Balaban J connectivity index is 1.37. The number of aromatic nitrogens is 7. The minimum absolute atomic E-state index is 0.263. The SMILES string of the molecule is CCCCc1nc2cc(C=Cc3ccccc3)c(C(=O)OC)nc2n1Cc1ccc(-c2ccccc2-c2nn[nH]n2)cc1. The Morgan fingerprint density at radius 3 is 2.42 bits per heavy atom. The van der Waals surface area contributed by atoms with E-state index in [1.807, 2.05) is 66.7 Å². The Morgan fingerprint density at radius 2 is 1.70 bits per heavy atom. The van der Waals surface area contributed by atoms with E-state index in [4.69, 9.17) is 14.7 Å². The van der Waals surface area contributed by atoms with Gasteiger partial charge in [-0.25, -0.2) is 14.8 Å². The monoisotopic (exact) mass is 569 g/mol. The van der Waals surface area contributed by atoms with Crippen molar-refractivity contribution in [3.05, 3.63) is 113 Å². The van der Waals surface area contributed by atoms with E-state index in [0.29, 0.717) is 23.6 Å². The second-order valence-electron chi connectivity index (χ2n) is 10.2. The molecule has 0 atom stereocenters. The largest absolute Gasteiger partial charge is 0.464 e. The highest BCUT2D eigenvalue weighted by molar-refractivity contribution is 5.95. The number of hydrogen-bond acceptors (Lipinski definition) is 7. The fourth-order valence-corrected chi connectivity index (χ4v) is 5.12. The van der Waals surface area contributed by atoms with Crippen LogP contribution in [0, 0.1) is 0 Å². The smallest absolute Gasteiger partial charge is 0.357 e. The van der Waals surface area contributed by atoms with Crippen molar-refractivity contribution in [2.24, 2.45) is 0 Å². The van der Waals surface area contributed by atoms with Crippen LogP contribution in [0.5, 0.6) is 0 Å². The maximum atomic E-state index is 12.9. The van der Waals surface area contributed by atoms with Gasteiger partial charge in [-0.3, -0.25) is 0 Å². The molecule has 9 nitrogen and oxygen atoms in total. The van der Waals surface area contributed by atoms with Gasteiger partial charge in [0.25, 0.3) is 0 Å². The molecule has 43 heavy (non-hydrogen) atoms. The molecule has 1 N–H and O–H groups in total. The predicted molar refractivity (Wildman–Crippen MR) is 167 cm³/mol. The summed E-state index contributed by atoms with van der Waals surface area (Å²) in [6.45, 7) is 2.73. The number of ether oxygens (including phenoxy) is 1. The Bertz CT molecular complexity index is 1880. The second kappa shape index (κ2) is 12.6. The summed E-state index contributed by atoms with van der Waals surface area (Å²) in [6.07, 6.45) is 6.71. The first-order chi connectivity index (χ1) is 21.1. The number of carbonyl (C=O) groups is 1. The van der Waals surface area contributed by atoms with Crippen LogP contribution in [0.25, 0.3) is 45.8 Å². The molecular formula is C34H31N7O2. The van der Waals surface area contributed by atoms with Crippen molar-refractivity contribution >= 4 is 29.3 Å². The van der Waals surface area contributed by atoms with E-state index < -0.39 is 5.97 Å². The molecule has 6 rings (SSSR count). The molecule has 0 radical (unpaired) electrons. The van der Waals surface area contributed by atoms with Crippen LogP contribution in [0.1, 0.15) is 52.8 Å². The lowest BCUT2D eigenvalue weighted by Crippen LogP contribution is -2.10. The van der Waals surface area contributed by atoms with Gasteiger partial charge in [0.05, 0.1) is 13.7 Å². The molecule has 214 valence electrons. The summed E-state index contributed by atoms with van der Waals surface area (Å²) in [6, 6.07) is 28.3. The van der Waals surface area contributed by atoms with Crippen LogP contribution in [-0.2, 0) is 17.7 Å². The van der Waals surface area contributed by atoms with Gasteiger partial charge >= 0.3 is 5.97 Å². The number of nitrogens with one attached hydrogen (secondary N) is 1. The zero-order chi connectivity index (χ0) is 29.6. The molecular weight excluding hydrogens is 538 g/mol. The number of pyridine rings is 1. The van der Waals surface area contributed by atoms with Crippen LogP contribution >= 0.6 is 0 Å². The molecule has 3 heterocycles. The van der Waals surface area contributed by atoms with E-state index in [1.165, 1.54) is 7.11 Å². The first kappa shape index (κ1) is 27.7. The van der Waals surface area contributed by atoms with Gasteiger partial charge in [-0.15, -0.1) is 10.2 Å². The van der Waals surface area contributed by atoms with Crippen molar-refractivity contribution in [3.8, 4) is 22.5 Å². The number of nitrogens with zero attached hydrogens (tertiary/aromatic N) is 6. The number of carbonyl (C=O) groups excluding carboxylic acids is 1. The van der Waals surface area contributed by atoms with Gasteiger partial charge in [0.1, 0.15) is 11.3 Å². The van der Waals surface area contributed by atoms with Gasteiger partial charge in [-0.2, -0.15) is 5.21 Å². The first-order valence-electron chi connectivity index (χ1n) is 14.3. The molecule has 0 saturated heterocycles. The van der Waals surface area contributed by atoms with Crippen molar-refractivity contribution in [1.29, 1.82) is 0 Å². The summed E-state index contributed by atoms with van der Waals surface area (Å²) in [5.41, 5.74) is 7.43. The van der Waals surface area contributed by atoms with Gasteiger partial charge in [-0.1, -0.05) is 104 Å². The second-order valence-corrected chi connectivity index (χ2v) is 10.2. The van der Waals surface area contributed by atoms with Gasteiger partial charge in [0, 0.05) is 17.5 Å². The fraction of sp³-hybridized carbons (Fsp3) is 0.176. The zero-order valence-corrected chi connectivity index (χ0v) is 24.1. The number of unbranched alkanes of at least 4 members (excludes halogenated alkanes) is 1. The number of tetrazole rings is 1. The first-order valence-corrected chi connectivity index (χ1v) is 14.3. The lowest BCUT2D eigenvalue weighted by molar-refractivity contribution is 0.0594. The number of rotatable bonds is 10. The van der Waals surface area contributed by atoms with Crippen LogP contribution in [0.4, 0.5) is 0 Å². The molecule has 0 aliphatic heterocycles. The highest BCUT2D eigenvalue weighted by Gasteiger charge is 2.20. The van der Waals surface area contributed by atoms with Crippen LogP contribution in [0.15, 0.2) is 84.9 Å².